The number of benzene rings is 1. The van der Waals surface area contributed by atoms with Crippen molar-refractivity contribution >= 4 is 35.6 Å². The van der Waals surface area contributed by atoms with Crippen LogP contribution >= 0.6 is 0 Å². The van der Waals surface area contributed by atoms with E-state index in [1.54, 1.807) is 30.3 Å². The van der Waals surface area contributed by atoms with E-state index in [2.05, 4.69) is 21.3 Å². The van der Waals surface area contributed by atoms with Gasteiger partial charge in [-0.1, -0.05) is 44.2 Å². The highest BCUT2D eigenvalue weighted by Crippen LogP contribution is 2.08. The molecule has 3 atom stereocenters. The summed E-state index contributed by atoms with van der Waals surface area (Å²) in [6, 6.07) is 5.19. The molecule has 0 aliphatic rings. The molecule has 0 saturated heterocycles. The van der Waals surface area contributed by atoms with E-state index < -0.39 is 73.2 Å². The van der Waals surface area contributed by atoms with Gasteiger partial charge in [0.25, 0.3) is 0 Å². The molecule has 0 aromatic heterocycles. The number of aliphatic carboxylic acids is 2. The van der Waals surface area contributed by atoms with Crippen molar-refractivity contribution < 1.29 is 39.0 Å². The molecule has 0 aliphatic carbocycles. The van der Waals surface area contributed by atoms with Crippen LogP contribution in [0, 0.1) is 5.92 Å². The van der Waals surface area contributed by atoms with Crippen molar-refractivity contribution in [3.8, 4) is 0 Å². The minimum absolute atomic E-state index is 0.00273. The number of carbonyl (C=O) groups is 6. The molecule has 1 aromatic rings. The van der Waals surface area contributed by atoms with Crippen LogP contribution < -0.4 is 27.0 Å². The molecule has 0 fully saturated rings. The number of carbonyl (C=O) groups excluding carboxylic acids is 4. The molecular weight excluding hydrogens is 474 g/mol. The van der Waals surface area contributed by atoms with Gasteiger partial charge in [0.15, 0.2) is 0 Å². The number of rotatable bonds is 15. The minimum atomic E-state index is -1.33. The summed E-state index contributed by atoms with van der Waals surface area (Å²) in [7, 11) is 0. The highest BCUT2D eigenvalue weighted by atomic mass is 16.4. The quantitative estimate of drug-likeness (QED) is 0.145. The number of nitrogens with two attached hydrogens (primary N) is 1. The molecule has 0 unspecified atom stereocenters. The SMILES string of the molecule is CC(C)C[C@H](NC(=O)[C@H](Cc1ccccc1)NC(=O)CNC(=O)CNC(=O)[C@@H](N)CC(=O)O)C(=O)O. The second-order valence-electron chi connectivity index (χ2n) is 8.54. The van der Waals surface area contributed by atoms with Crippen LogP contribution in [0.25, 0.3) is 0 Å². The third-order valence-electron chi connectivity index (χ3n) is 4.86. The number of hydrogen-bond donors (Lipinski definition) is 7. The van der Waals surface area contributed by atoms with E-state index >= 15 is 0 Å². The second kappa shape index (κ2) is 15.1. The normalized spacial score (nSPS) is 13.1. The molecule has 0 bridgehead atoms. The summed E-state index contributed by atoms with van der Waals surface area (Å²) in [5.74, 6) is -5.46. The maximum absolute atomic E-state index is 12.9. The molecule has 1 rings (SSSR count). The van der Waals surface area contributed by atoms with Crippen LogP contribution in [0.5, 0.6) is 0 Å². The smallest absolute Gasteiger partial charge is 0.326 e. The average molecular weight is 508 g/mol. The van der Waals surface area contributed by atoms with E-state index in [1.807, 2.05) is 13.8 Å². The van der Waals surface area contributed by atoms with Gasteiger partial charge in [0.05, 0.1) is 25.6 Å². The van der Waals surface area contributed by atoms with E-state index in [9.17, 15) is 33.9 Å². The lowest BCUT2D eigenvalue weighted by Crippen LogP contribution is -2.54. The van der Waals surface area contributed by atoms with Crippen LogP contribution in [-0.4, -0.2) is 77.0 Å². The maximum Gasteiger partial charge on any atom is 0.326 e. The standard InChI is InChI=1S/C23H33N5O8/c1-13(2)8-17(23(35)36)28-22(34)16(9-14-6-4-3-5-7-14)27-19(30)12-25-18(29)11-26-21(33)15(24)10-20(31)32/h3-7,13,15-17H,8-12,24H2,1-2H3,(H,25,29)(H,26,33)(H,27,30)(H,28,34)(H,31,32)(H,35,36)/t15-,16-,17-/m0/s1. The molecule has 0 aliphatic heterocycles. The van der Waals surface area contributed by atoms with E-state index in [4.69, 9.17) is 10.8 Å². The molecule has 0 radical (unpaired) electrons. The first-order valence-electron chi connectivity index (χ1n) is 11.3. The molecule has 8 N–H and O–H groups in total. The topological polar surface area (TPSA) is 217 Å². The molecule has 0 heterocycles. The first-order chi connectivity index (χ1) is 16.9. The zero-order valence-electron chi connectivity index (χ0n) is 20.2. The Morgan fingerprint density at radius 1 is 0.833 bits per heavy atom. The molecular formula is C23H33N5O8. The predicted octanol–water partition coefficient (Wildman–Crippen LogP) is -1.64. The predicted molar refractivity (Wildman–Crippen MR) is 127 cm³/mol. The van der Waals surface area contributed by atoms with Gasteiger partial charge < -0.3 is 37.2 Å². The highest BCUT2D eigenvalue weighted by molar-refractivity contribution is 5.93. The highest BCUT2D eigenvalue weighted by Gasteiger charge is 2.27. The summed E-state index contributed by atoms with van der Waals surface area (Å²) in [5.41, 5.74) is 6.11. The maximum atomic E-state index is 12.9. The molecule has 36 heavy (non-hydrogen) atoms. The molecule has 198 valence electrons. The van der Waals surface area contributed by atoms with Crippen molar-refractivity contribution in [3.05, 3.63) is 35.9 Å². The summed E-state index contributed by atoms with van der Waals surface area (Å²) in [4.78, 5) is 71.0. The number of amides is 4. The Kier molecular flexibility index (Phi) is 12.6. The summed E-state index contributed by atoms with van der Waals surface area (Å²) >= 11 is 0. The fraction of sp³-hybridized carbons (Fsp3) is 0.478. The summed E-state index contributed by atoms with van der Waals surface area (Å²) in [6.07, 6.45) is -0.330. The van der Waals surface area contributed by atoms with Crippen LogP contribution in [0.3, 0.4) is 0 Å². The van der Waals surface area contributed by atoms with Crippen molar-refractivity contribution in [1.29, 1.82) is 0 Å². The van der Waals surface area contributed by atoms with Gasteiger partial charge in [-0.15, -0.1) is 0 Å². The van der Waals surface area contributed by atoms with Crippen LogP contribution in [0.4, 0.5) is 0 Å². The Labute approximate surface area is 208 Å². The number of carboxylic acid groups (broad SMARTS) is 2. The second-order valence-corrected chi connectivity index (χ2v) is 8.54. The zero-order valence-corrected chi connectivity index (χ0v) is 20.2. The van der Waals surface area contributed by atoms with Gasteiger partial charge in [-0.25, -0.2) is 4.79 Å². The van der Waals surface area contributed by atoms with Crippen LogP contribution in [0.2, 0.25) is 0 Å². The average Bonchev–Trinajstić information content (AvgIpc) is 2.80. The third kappa shape index (κ3) is 11.9. The van der Waals surface area contributed by atoms with Gasteiger partial charge in [0, 0.05) is 6.42 Å². The van der Waals surface area contributed by atoms with Crippen LogP contribution in [0.1, 0.15) is 32.3 Å². The van der Waals surface area contributed by atoms with Crippen molar-refractivity contribution in [3.63, 3.8) is 0 Å². The molecule has 4 amide bonds. The number of carboxylic acids is 2. The van der Waals surface area contributed by atoms with E-state index in [0.29, 0.717) is 0 Å². The van der Waals surface area contributed by atoms with Crippen molar-refractivity contribution in [2.24, 2.45) is 11.7 Å². The fourth-order valence-electron chi connectivity index (χ4n) is 3.09. The Bertz CT molecular complexity index is 938. The molecule has 13 heteroatoms. The molecule has 13 nitrogen and oxygen atoms in total. The Balaban J connectivity index is 2.72. The van der Waals surface area contributed by atoms with Gasteiger partial charge in [-0.3, -0.25) is 24.0 Å². The molecule has 0 spiro atoms. The Morgan fingerprint density at radius 2 is 1.44 bits per heavy atom. The van der Waals surface area contributed by atoms with Crippen LogP contribution in [0.15, 0.2) is 30.3 Å². The monoisotopic (exact) mass is 507 g/mol. The van der Waals surface area contributed by atoms with Gasteiger partial charge in [0.1, 0.15) is 12.1 Å². The van der Waals surface area contributed by atoms with E-state index in [-0.39, 0.29) is 18.8 Å². The Hall–Kier alpha value is -4.00. The van der Waals surface area contributed by atoms with Gasteiger partial charge in [0.2, 0.25) is 23.6 Å². The lowest BCUT2D eigenvalue weighted by molar-refractivity contribution is -0.142. The van der Waals surface area contributed by atoms with Gasteiger partial charge in [-0.2, -0.15) is 0 Å². The van der Waals surface area contributed by atoms with Crippen molar-refractivity contribution in [1.82, 2.24) is 21.3 Å². The third-order valence-corrected chi connectivity index (χ3v) is 4.86. The largest absolute Gasteiger partial charge is 0.481 e. The lowest BCUT2D eigenvalue weighted by Gasteiger charge is -2.22. The summed E-state index contributed by atoms with van der Waals surface area (Å²) in [6.45, 7) is 2.57. The van der Waals surface area contributed by atoms with Crippen molar-refractivity contribution in [2.45, 2.75) is 51.2 Å². The van der Waals surface area contributed by atoms with E-state index in [0.717, 1.165) is 5.56 Å². The lowest BCUT2D eigenvalue weighted by atomic mass is 10.0. The fourth-order valence-corrected chi connectivity index (χ4v) is 3.09. The van der Waals surface area contributed by atoms with Gasteiger partial charge >= 0.3 is 11.9 Å². The van der Waals surface area contributed by atoms with E-state index in [1.165, 1.54) is 0 Å². The Morgan fingerprint density at radius 3 is 2.00 bits per heavy atom. The minimum Gasteiger partial charge on any atom is -0.481 e. The summed E-state index contributed by atoms with van der Waals surface area (Å²) in [5, 5.41) is 27.4. The number of nitrogens with one attached hydrogen (secondary N) is 4. The van der Waals surface area contributed by atoms with Gasteiger partial charge in [-0.05, 0) is 17.9 Å². The first kappa shape index (κ1) is 30.0. The number of hydrogen-bond acceptors (Lipinski definition) is 7. The summed E-state index contributed by atoms with van der Waals surface area (Å²) < 4.78 is 0. The molecule has 1 aromatic carbocycles. The zero-order chi connectivity index (χ0) is 27.3. The molecule has 0 saturated carbocycles. The van der Waals surface area contributed by atoms with Crippen LogP contribution in [-0.2, 0) is 35.2 Å². The first-order valence-corrected chi connectivity index (χ1v) is 11.3. The van der Waals surface area contributed by atoms with Crippen molar-refractivity contribution in [2.75, 3.05) is 13.1 Å².